The van der Waals surface area contributed by atoms with Crippen LogP contribution in [0.3, 0.4) is 0 Å². The molecule has 4 aromatic carbocycles. The zero-order chi connectivity index (χ0) is 45.5. The van der Waals surface area contributed by atoms with Gasteiger partial charge in [-0.05, 0) is 85.8 Å². The van der Waals surface area contributed by atoms with Crippen molar-refractivity contribution in [2.75, 3.05) is 23.0 Å². The molecule has 0 atom stereocenters. The molecular weight excluding hydrogens is 855 g/mol. The van der Waals surface area contributed by atoms with Gasteiger partial charge in [0.2, 0.25) is 11.8 Å². The molecule has 11 nitrogen and oxygen atoms in total. The fourth-order valence-corrected chi connectivity index (χ4v) is 10.7. The number of rotatable bonds is 9. The molecule has 0 bridgehead atoms. The molecule has 2 aliphatic heterocycles. The fraction of sp³-hybridized carbons (Fsp3) is 0.291. The number of aromatic nitrogens is 3. The van der Waals surface area contributed by atoms with Crippen LogP contribution in [0.25, 0.3) is 44.8 Å². The number of anilines is 2. The average molecular weight is 908 g/mol. The van der Waals surface area contributed by atoms with Gasteiger partial charge in [0.25, 0.3) is 11.8 Å². The Morgan fingerprint density at radius 3 is 1.57 bits per heavy atom. The predicted octanol–water partition coefficient (Wildman–Crippen LogP) is 10.6. The van der Waals surface area contributed by atoms with Crippen LogP contribution in [0.15, 0.2) is 132 Å². The van der Waals surface area contributed by atoms with Gasteiger partial charge in [-0.3, -0.25) is 14.5 Å². The van der Waals surface area contributed by atoms with Crippen LogP contribution >= 0.6 is 11.3 Å². The van der Waals surface area contributed by atoms with Crippen molar-refractivity contribution in [3.8, 4) is 56.5 Å². The van der Waals surface area contributed by atoms with Gasteiger partial charge in [0.15, 0.2) is 13.2 Å². The number of carbonyl (C=O) groups excluding carboxylic acids is 2. The van der Waals surface area contributed by atoms with Gasteiger partial charge in [-0.2, -0.15) is 0 Å². The number of hydrogen-bond donors (Lipinski definition) is 2. The molecular formula is C55H53N7O4S. The fourth-order valence-electron chi connectivity index (χ4n) is 10.2. The molecule has 12 heteroatoms. The third-order valence-corrected chi connectivity index (χ3v) is 15.0. The molecule has 67 heavy (non-hydrogen) atoms. The Balaban J connectivity index is 0.000000148. The maximum Gasteiger partial charge on any atom is 0.265 e. The van der Waals surface area contributed by atoms with E-state index in [1.54, 1.807) is 10.4 Å². The smallest absolute Gasteiger partial charge is 0.265 e. The summed E-state index contributed by atoms with van der Waals surface area (Å²) < 4.78 is 11.7. The first-order valence-electron chi connectivity index (χ1n) is 23.5. The third kappa shape index (κ3) is 8.28. The van der Waals surface area contributed by atoms with Crippen molar-refractivity contribution < 1.29 is 19.1 Å². The quantitative estimate of drug-likeness (QED) is 0.144. The van der Waals surface area contributed by atoms with Crippen molar-refractivity contribution in [2.45, 2.75) is 87.9 Å². The molecule has 5 aliphatic rings. The lowest BCUT2D eigenvalue weighted by molar-refractivity contribution is -0.122. The molecule has 0 saturated heterocycles. The normalized spacial score (nSPS) is 18.1. The number of pyridine rings is 2. The summed E-state index contributed by atoms with van der Waals surface area (Å²) in [7, 11) is 0. The molecule has 0 unspecified atom stereocenters. The summed E-state index contributed by atoms with van der Waals surface area (Å²) in [5, 5.41) is 1.95. The lowest BCUT2D eigenvalue weighted by atomic mass is 9.72. The Bertz CT molecular complexity index is 2910. The van der Waals surface area contributed by atoms with Crippen LogP contribution in [0.5, 0.6) is 11.8 Å². The first-order chi connectivity index (χ1) is 32.7. The Hall–Kier alpha value is -6.73. The lowest BCUT2D eigenvalue weighted by Gasteiger charge is -2.38. The van der Waals surface area contributed by atoms with Gasteiger partial charge < -0.3 is 25.8 Å². The molecule has 0 spiro atoms. The number of hydrogen-bond acceptors (Lipinski definition) is 10. The zero-order valence-corrected chi connectivity index (χ0v) is 38.2. The van der Waals surface area contributed by atoms with Gasteiger partial charge in [0.1, 0.15) is 11.4 Å². The predicted molar refractivity (Wildman–Crippen MR) is 264 cm³/mol. The number of amides is 2. The van der Waals surface area contributed by atoms with E-state index < -0.39 is 0 Å². The van der Waals surface area contributed by atoms with E-state index in [1.807, 2.05) is 52.7 Å². The van der Waals surface area contributed by atoms with E-state index in [1.165, 1.54) is 29.7 Å². The summed E-state index contributed by atoms with van der Waals surface area (Å²) in [6.07, 6.45) is 10.9. The summed E-state index contributed by atoms with van der Waals surface area (Å²) in [6, 6.07) is 41.7. The van der Waals surface area contributed by atoms with Gasteiger partial charge in [-0.1, -0.05) is 122 Å². The number of thiazole rings is 1. The van der Waals surface area contributed by atoms with Gasteiger partial charge >= 0.3 is 0 Å². The Morgan fingerprint density at radius 2 is 1.09 bits per heavy atom. The molecule has 4 N–H and O–H groups in total. The van der Waals surface area contributed by atoms with Crippen LogP contribution in [0.4, 0.5) is 11.4 Å². The van der Waals surface area contributed by atoms with Crippen LogP contribution in [0, 0.1) is 0 Å². The van der Waals surface area contributed by atoms with Gasteiger partial charge in [0.05, 0.1) is 29.1 Å². The second-order valence-corrected chi connectivity index (χ2v) is 19.3. The Kier molecular flexibility index (Phi) is 11.4. The van der Waals surface area contributed by atoms with Gasteiger partial charge in [0, 0.05) is 44.8 Å². The second kappa shape index (κ2) is 17.8. The van der Waals surface area contributed by atoms with E-state index >= 15 is 0 Å². The number of benzene rings is 4. The molecule has 3 aliphatic carbocycles. The molecule has 338 valence electrons. The summed E-state index contributed by atoms with van der Waals surface area (Å²) in [5.74, 6) is 0.936. The summed E-state index contributed by atoms with van der Waals surface area (Å²) >= 11 is 1.51. The van der Waals surface area contributed by atoms with Crippen LogP contribution in [0.1, 0.15) is 81.0 Å². The zero-order valence-electron chi connectivity index (χ0n) is 37.4. The maximum absolute atomic E-state index is 12.9. The largest absolute Gasteiger partial charge is 0.466 e. The average Bonchev–Trinajstić information content (AvgIpc) is 4.09. The first kappa shape index (κ1) is 42.9. The molecule has 2 amide bonds. The molecule has 0 radical (unpaired) electrons. The van der Waals surface area contributed by atoms with Crippen LogP contribution in [-0.2, 0) is 27.2 Å². The van der Waals surface area contributed by atoms with Gasteiger partial charge in [-0.15, -0.1) is 11.3 Å². The lowest BCUT2D eigenvalue weighted by Crippen LogP contribution is -2.45. The van der Waals surface area contributed by atoms with E-state index in [9.17, 15) is 9.59 Å². The second-order valence-electron chi connectivity index (χ2n) is 18.6. The number of carbonyl (C=O) groups is 2. The first-order valence-corrected chi connectivity index (χ1v) is 24.4. The number of fused-ring (bicyclic) bond motifs is 2. The minimum absolute atomic E-state index is 0.0288. The van der Waals surface area contributed by atoms with E-state index in [2.05, 4.69) is 83.8 Å². The Morgan fingerprint density at radius 1 is 0.597 bits per heavy atom. The van der Waals surface area contributed by atoms with E-state index in [0.717, 1.165) is 113 Å². The molecule has 3 saturated carbocycles. The maximum atomic E-state index is 12.9. The van der Waals surface area contributed by atoms with Crippen molar-refractivity contribution >= 4 is 34.5 Å². The summed E-state index contributed by atoms with van der Waals surface area (Å²) in [4.78, 5) is 43.6. The number of nitrogens with zero attached hydrogens (tertiary/aromatic N) is 5. The molecule has 3 aromatic heterocycles. The van der Waals surface area contributed by atoms with Crippen molar-refractivity contribution in [3.63, 3.8) is 0 Å². The minimum atomic E-state index is -0.205. The van der Waals surface area contributed by atoms with E-state index in [4.69, 9.17) is 30.9 Å². The summed E-state index contributed by atoms with van der Waals surface area (Å²) in [5.41, 5.74) is 26.9. The van der Waals surface area contributed by atoms with E-state index in [-0.39, 0.29) is 42.1 Å². The highest BCUT2D eigenvalue weighted by molar-refractivity contribution is 7.07. The molecule has 5 heterocycles. The van der Waals surface area contributed by atoms with Crippen molar-refractivity contribution in [1.29, 1.82) is 0 Å². The monoisotopic (exact) mass is 907 g/mol. The van der Waals surface area contributed by atoms with Gasteiger partial charge in [-0.25, -0.2) is 15.0 Å². The SMILES string of the molecule is NC1(c2ccc(-c3nc4c(cc3-c3ccccc3)N(C3CCCC3)C(=O)CO4)cc2)CCC1.NC1(c2ccc(-c3nc4c(cc3-c3ccccc3)N(Cc3cscn3)C(=O)CO4)cc2)CCC1. The standard InChI is InChI=1S/C28H29N3O2.C27H24N4O2S/c29-28(15-6-16-28)21-13-11-20(12-14-21)26-23(19-7-2-1-3-8-19)17-24-27(30-26)33-18-25(32)31(24)22-9-4-5-10-22;28-27(11-4-12-27)20-9-7-19(8-10-20)25-22(18-5-2-1-3-6-18)13-23-26(30-25)33-15-24(32)31(23)14-21-16-34-17-29-21/h1-3,7-8,11-14,17,22H,4-6,9-10,15-16,18,29H2;1-3,5-10,13,16-17H,4,11-12,14-15,28H2. The highest BCUT2D eigenvalue weighted by Gasteiger charge is 2.37. The summed E-state index contributed by atoms with van der Waals surface area (Å²) in [6.45, 7) is 0.402. The van der Waals surface area contributed by atoms with Crippen molar-refractivity contribution in [2.24, 2.45) is 11.5 Å². The number of ether oxygens (including phenoxy) is 2. The van der Waals surface area contributed by atoms with Crippen LogP contribution in [0.2, 0.25) is 0 Å². The third-order valence-electron chi connectivity index (χ3n) is 14.3. The topological polar surface area (TPSA) is 150 Å². The Labute approximate surface area is 394 Å². The minimum Gasteiger partial charge on any atom is -0.466 e. The molecule has 12 rings (SSSR count). The molecule has 7 aromatic rings. The highest BCUT2D eigenvalue weighted by Crippen LogP contribution is 2.46. The van der Waals surface area contributed by atoms with Crippen LogP contribution < -0.4 is 30.7 Å². The van der Waals surface area contributed by atoms with Crippen molar-refractivity contribution in [1.82, 2.24) is 15.0 Å². The van der Waals surface area contributed by atoms with Crippen LogP contribution in [-0.4, -0.2) is 46.0 Å². The van der Waals surface area contributed by atoms with E-state index in [0.29, 0.717) is 24.0 Å². The van der Waals surface area contributed by atoms with Crippen molar-refractivity contribution in [3.05, 3.63) is 149 Å². The highest BCUT2D eigenvalue weighted by atomic mass is 32.1. The number of nitrogens with two attached hydrogens (primary N) is 2. The molecule has 3 fully saturated rings.